The third kappa shape index (κ3) is 9.03. The Balaban J connectivity index is 2.05. The van der Waals surface area contributed by atoms with Crippen molar-refractivity contribution in [2.45, 2.75) is 155 Å². The van der Waals surface area contributed by atoms with Crippen molar-refractivity contribution in [3.8, 4) is 5.75 Å². The van der Waals surface area contributed by atoms with Crippen molar-refractivity contribution < 1.29 is 18.9 Å². The summed E-state index contributed by atoms with van der Waals surface area (Å²) in [5.41, 5.74) is 6.29. The van der Waals surface area contributed by atoms with Crippen LogP contribution in [0.3, 0.4) is 0 Å². The zero-order chi connectivity index (χ0) is 33.3. The molecular weight excluding hydrogens is 573 g/mol. The molecular formula is C40H66O4Si. The van der Waals surface area contributed by atoms with Gasteiger partial charge in [-0.2, -0.15) is 0 Å². The molecule has 1 saturated heterocycles. The molecule has 4 nitrogen and oxygen atoms in total. The zero-order valence-electron chi connectivity index (χ0n) is 30.9. The average Bonchev–Trinajstić information content (AvgIpc) is 3.51. The van der Waals surface area contributed by atoms with Gasteiger partial charge in [-0.05, 0) is 85.7 Å². The summed E-state index contributed by atoms with van der Waals surface area (Å²) in [6, 6.07) is 14.9. The quantitative estimate of drug-likeness (QED) is 0.0925. The minimum absolute atomic E-state index is 0.0879. The molecule has 0 radical (unpaired) electrons. The van der Waals surface area contributed by atoms with Gasteiger partial charge in [0.1, 0.15) is 12.4 Å². The van der Waals surface area contributed by atoms with Gasteiger partial charge in [0.25, 0.3) is 0 Å². The van der Waals surface area contributed by atoms with E-state index in [0.717, 1.165) is 69.8 Å². The summed E-state index contributed by atoms with van der Waals surface area (Å²) < 4.78 is 25.9. The SMILES string of the molecule is CCCCOC(C[Si](C)(C)C(C)(C)C)(OCCCC)c1ccc(C(CC)(CC)c2ccc(OCC3CCCO3)c(C)c2)cc1C. The largest absolute Gasteiger partial charge is 0.491 e. The fourth-order valence-corrected chi connectivity index (χ4v) is 8.78. The van der Waals surface area contributed by atoms with Gasteiger partial charge in [0, 0.05) is 23.6 Å². The molecule has 1 heterocycles. The molecule has 0 amide bonds. The van der Waals surface area contributed by atoms with Crippen LogP contribution in [0.5, 0.6) is 5.75 Å². The standard InChI is InChI=1S/C40H66O4Si/c1-12-16-25-43-40(44-26-17-13-2,30-45(10,11)38(7,8)9)36-22-20-33(27-31(36)5)39(14-3,15-4)34-21-23-37(32(6)28-34)42-29-35-19-18-24-41-35/h20-23,27-28,35H,12-19,24-26,29-30H2,1-11H3. The lowest BCUT2D eigenvalue weighted by atomic mass is 9.69. The monoisotopic (exact) mass is 638 g/mol. The molecule has 1 aliphatic rings. The molecule has 0 saturated carbocycles. The van der Waals surface area contributed by atoms with Gasteiger partial charge in [0.05, 0.1) is 27.4 Å². The van der Waals surface area contributed by atoms with Crippen LogP contribution in [0.4, 0.5) is 0 Å². The van der Waals surface area contributed by atoms with Crippen LogP contribution < -0.4 is 4.74 Å². The van der Waals surface area contributed by atoms with Gasteiger partial charge in [-0.3, -0.25) is 0 Å². The highest BCUT2D eigenvalue weighted by molar-refractivity contribution is 6.80. The van der Waals surface area contributed by atoms with Gasteiger partial charge < -0.3 is 18.9 Å². The highest BCUT2D eigenvalue weighted by Crippen LogP contribution is 2.48. The minimum atomic E-state index is -1.78. The second-order valence-electron chi connectivity index (χ2n) is 15.2. The molecule has 5 heteroatoms. The van der Waals surface area contributed by atoms with Gasteiger partial charge in [0.15, 0.2) is 5.79 Å². The maximum atomic E-state index is 6.96. The van der Waals surface area contributed by atoms with E-state index in [9.17, 15) is 0 Å². The summed E-state index contributed by atoms with van der Waals surface area (Å²) in [5, 5.41) is 0.228. The third-order valence-corrected chi connectivity index (χ3v) is 16.4. The van der Waals surface area contributed by atoms with Gasteiger partial charge in [0.2, 0.25) is 0 Å². The molecule has 3 rings (SSSR count). The van der Waals surface area contributed by atoms with Gasteiger partial charge in [-0.15, -0.1) is 0 Å². The number of benzene rings is 2. The molecule has 0 aromatic heterocycles. The Morgan fingerprint density at radius 3 is 1.87 bits per heavy atom. The van der Waals surface area contributed by atoms with E-state index in [1.807, 2.05) is 0 Å². The van der Waals surface area contributed by atoms with Crippen molar-refractivity contribution in [3.63, 3.8) is 0 Å². The van der Waals surface area contributed by atoms with E-state index in [-0.39, 0.29) is 16.6 Å². The lowest BCUT2D eigenvalue weighted by Crippen LogP contribution is -2.47. The van der Waals surface area contributed by atoms with Gasteiger partial charge in [-0.1, -0.05) is 105 Å². The van der Waals surface area contributed by atoms with E-state index < -0.39 is 13.9 Å². The average molecular weight is 639 g/mol. The van der Waals surface area contributed by atoms with Crippen molar-refractivity contribution in [1.82, 2.24) is 0 Å². The minimum Gasteiger partial charge on any atom is -0.491 e. The molecule has 0 bridgehead atoms. The topological polar surface area (TPSA) is 36.9 Å². The van der Waals surface area contributed by atoms with Crippen LogP contribution in [0.15, 0.2) is 36.4 Å². The fraction of sp³-hybridized carbons (Fsp3) is 0.700. The zero-order valence-corrected chi connectivity index (χ0v) is 31.9. The lowest BCUT2D eigenvalue weighted by Gasteiger charge is -2.45. The smallest absolute Gasteiger partial charge is 0.192 e. The first kappa shape index (κ1) is 37.8. The maximum absolute atomic E-state index is 6.96. The molecule has 1 atom stereocenters. The summed E-state index contributed by atoms with van der Waals surface area (Å²) in [6.45, 7) is 28.7. The second kappa shape index (κ2) is 16.4. The van der Waals surface area contributed by atoms with Crippen molar-refractivity contribution in [2.75, 3.05) is 26.4 Å². The van der Waals surface area contributed by atoms with E-state index in [4.69, 9.17) is 18.9 Å². The number of hydrogen-bond donors (Lipinski definition) is 0. The van der Waals surface area contributed by atoms with Crippen LogP contribution in [0.1, 0.15) is 128 Å². The first-order chi connectivity index (χ1) is 21.3. The van der Waals surface area contributed by atoms with E-state index in [0.29, 0.717) is 19.8 Å². The van der Waals surface area contributed by atoms with Gasteiger partial charge >= 0.3 is 0 Å². The summed E-state index contributed by atoms with van der Waals surface area (Å²) in [4.78, 5) is 0. The van der Waals surface area contributed by atoms with Crippen LogP contribution in [0.25, 0.3) is 0 Å². The Morgan fingerprint density at radius 1 is 0.822 bits per heavy atom. The third-order valence-electron chi connectivity index (χ3n) is 10.9. The Labute approximate surface area is 278 Å². The Kier molecular flexibility index (Phi) is 13.8. The fourth-order valence-electron chi connectivity index (χ4n) is 6.69. The summed E-state index contributed by atoms with van der Waals surface area (Å²) in [7, 11) is -1.78. The van der Waals surface area contributed by atoms with Gasteiger partial charge in [-0.25, -0.2) is 0 Å². The molecule has 2 aromatic carbocycles. The van der Waals surface area contributed by atoms with Crippen LogP contribution >= 0.6 is 0 Å². The normalized spacial score (nSPS) is 16.4. The Bertz CT molecular complexity index is 1180. The molecule has 1 aliphatic heterocycles. The molecule has 0 spiro atoms. The molecule has 254 valence electrons. The van der Waals surface area contributed by atoms with E-state index in [1.54, 1.807) is 0 Å². The number of hydrogen-bond acceptors (Lipinski definition) is 4. The number of ether oxygens (including phenoxy) is 4. The summed E-state index contributed by atoms with van der Waals surface area (Å²) >= 11 is 0. The first-order valence-corrected chi connectivity index (χ1v) is 21.2. The Morgan fingerprint density at radius 2 is 1.40 bits per heavy atom. The second-order valence-corrected chi connectivity index (χ2v) is 20.8. The molecule has 1 unspecified atom stereocenters. The lowest BCUT2D eigenvalue weighted by molar-refractivity contribution is -0.236. The highest BCUT2D eigenvalue weighted by Gasteiger charge is 2.47. The van der Waals surface area contributed by atoms with E-state index >= 15 is 0 Å². The Hall–Kier alpha value is -1.66. The number of unbranched alkanes of at least 4 members (excludes halogenated alkanes) is 2. The predicted octanol–water partition coefficient (Wildman–Crippen LogP) is 11.3. The van der Waals surface area contributed by atoms with Crippen molar-refractivity contribution in [3.05, 3.63) is 64.2 Å². The van der Waals surface area contributed by atoms with Crippen molar-refractivity contribution >= 4 is 8.07 Å². The van der Waals surface area contributed by atoms with Crippen molar-refractivity contribution in [1.29, 1.82) is 0 Å². The number of rotatable bonds is 18. The number of aryl methyl sites for hydroxylation is 2. The van der Waals surface area contributed by atoms with Crippen LogP contribution in [0.2, 0.25) is 24.2 Å². The summed E-state index contributed by atoms with van der Waals surface area (Å²) in [5.74, 6) is 0.237. The first-order valence-electron chi connectivity index (χ1n) is 18.0. The molecule has 0 N–H and O–H groups in total. The highest BCUT2D eigenvalue weighted by atomic mass is 28.3. The molecule has 1 fully saturated rings. The maximum Gasteiger partial charge on any atom is 0.192 e. The molecule has 45 heavy (non-hydrogen) atoms. The van der Waals surface area contributed by atoms with E-state index in [2.05, 4.69) is 112 Å². The van der Waals surface area contributed by atoms with Crippen LogP contribution in [-0.4, -0.2) is 40.6 Å². The summed E-state index contributed by atoms with van der Waals surface area (Å²) in [6.07, 6.45) is 8.77. The van der Waals surface area contributed by atoms with E-state index in [1.165, 1.54) is 27.8 Å². The van der Waals surface area contributed by atoms with Crippen molar-refractivity contribution in [2.24, 2.45) is 0 Å². The predicted molar refractivity (Wildman–Crippen MR) is 194 cm³/mol. The van der Waals surface area contributed by atoms with Crippen LogP contribution in [0, 0.1) is 13.8 Å². The van der Waals surface area contributed by atoms with Crippen LogP contribution in [-0.2, 0) is 25.4 Å². The molecule has 0 aliphatic carbocycles. The molecule has 2 aromatic rings.